The van der Waals surface area contributed by atoms with Crippen molar-refractivity contribution in [1.29, 1.82) is 0 Å². The van der Waals surface area contributed by atoms with Crippen LogP contribution in [0.5, 0.6) is 0 Å². The number of hydrogen-bond donors (Lipinski definition) is 0. The monoisotopic (exact) mass is 190 g/mol. The summed E-state index contributed by atoms with van der Waals surface area (Å²) in [6, 6.07) is 7.95. The molecule has 0 saturated heterocycles. The van der Waals surface area contributed by atoms with E-state index in [1.807, 2.05) is 38.1 Å². The number of rotatable bonds is 0. The van der Waals surface area contributed by atoms with Gasteiger partial charge in [-0.1, -0.05) is 18.3 Å². The second kappa shape index (κ2) is 2.96. The van der Waals surface area contributed by atoms with Crippen LogP contribution in [0.15, 0.2) is 28.7 Å². The zero-order chi connectivity index (χ0) is 9.42. The number of fused-ring (bicyclic) bond motifs is 1. The molecule has 13 heavy (non-hydrogen) atoms. The third kappa shape index (κ3) is 1.49. The molecule has 0 aliphatic carbocycles. The van der Waals surface area contributed by atoms with Crippen LogP contribution in [0.2, 0.25) is 0 Å². The van der Waals surface area contributed by atoms with Crippen molar-refractivity contribution < 1.29 is 4.42 Å². The third-order valence-electron chi connectivity index (χ3n) is 2.01. The van der Waals surface area contributed by atoms with Crippen molar-refractivity contribution in [3.05, 3.63) is 40.1 Å². The Morgan fingerprint density at radius 1 is 1.15 bits per heavy atom. The smallest absolute Gasteiger partial charge is 0.135 e. The molecule has 0 unspecified atom stereocenters. The molecule has 0 amide bonds. The van der Waals surface area contributed by atoms with Crippen molar-refractivity contribution >= 4 is 23.2 Å². The van der Waals surface area contributed by atoms with Gasteiger partial charge in [-0.05, 0) is 37.6 Å². The van der Waals surface area contributed by atoms with E-state index in [-0.39, 0.29) is 0 Å². The predicted octanol–water partition coefficient (Wildman–Crippen LogP) is 3.78. The minimum atomic E-state index is 0.860. The molecule has 1 nitrogen and oxygen atoms in total. The van der Waals surface area contributed by atoms with Crippen LogP contribution in [-0.4, -0.2) is 0 Å². The first-order valence-electron chi connectivity index (χ1n) is 4.18. The van der Waals surface area contributed by atoms with E-state index in [0.29, 0.717) is 0 Å². The highest BCUT2D eigenvalue weighted by Gasteiger charge is 1.98. The van der Waals surface area contributed by atoms with E-state index in [9.17, 15) is 0 Å². The normalized spacial score (nSPS) is 10.6. The second-order valence-electron chi connectivity index (χ2n) is 3.22. The molecule has 0 radical (unpaired) electrons. The average molecular weight is 190 g/mol. The predicted molar refractivity (Wildman–Crippen MR) is 56.5 cm³/mol. The van der Waals surface area contributed by atoms with E-state index in [4.69, 9.17) is 16.6 Å². The Kier molecular flexibility index (Phi) is 1.93. The molecule has 1 heterocycles. The van der Waals surface area contributed by atoms with Gasteiger partial charge in [0, 0.05) is 5.39 Å². The van der Waals surface area contributed by atoms with Crippen LogP contribution >= 0.6 is 12.2 Å². The molecule has 0 spiro atoms. The van der Waals surface area contributed by atoms with Crippen molar-refractivity contribution in [2.45, 2.75) is 13.8 Å². The summed E-state index contributed by atoms with van der Waals surface area (Å²) >= 11 is 5.22. The lowest BCUT2D eigenvalue weighted by molar-refractivity contribution is 0.565. The fourth-order valence-electron chi connectivity index (χ4n) is 1.38. The Bertz CT molecular complexity index is 506. The first-order valence-corrected chi connectivity index (χ1v) is 4.59. The Morgan fingerprint density at radius 3 is 2.69 bits per heavy atom. The summed E-state index contributed by atoms with van der Waals surface area (Å²) in [6.07, 6.45) is 0. The molecule has 1 aromatic heterocycles. The molecule has 0 aliphatic rings. The van der Waals surface area contributed by atoms with Gasteiger partial charge in [0.25, 0.3) is 0 Å². The molecule has 2 rings (SSSR count). The van der Waals surface area contributed by atoms with Crippen LogP contribution in [0.1, 0.15) is 11.3 Å². The summed E-state index contributed by atoms with van der Waals surface area (Å²) in [6.45, 7) is 3.96. The third-order valence-corrected chi connectivity index (χ3v) is 2.35. The van der Waals surface area contributed by atoms with Gasteiger partial charge in [0.15, 0.2) is 0 Å². The fourth-order valence-corrected chi connectivity index (χ4v) is 1.72. The Morgan fingerprint density at radius 2 is 1.92 bits per heavy atom. The van der Waals surface area contributed by atoms with Gasteiger partial charge in [0.2, 0.25) is 0 Å². The van der Waals surface area contributed by atoms with Gasteiger partial charge in [-0.25, -0.2) is 0 Å². The van der Waals surface area contributed by atoms with Crippen LogP contribution in [0.4, 0.5) is 0 Å². The second-order valence-corrected chi connectivity index (χ2v) is 3.66. The lowest BCUT2D eigenvalue weighted by Crippen LogP contribution is -1.79. The summed E-state index contributed by atoms with van der Waals surface area (Å²) in [5.74, 6) is 0.864. The topological polar surface area (TPSA) is 13.1 Å². The van der Waals surface area contributed by atoms with Gasteiger partial charge in [0.05, 0.1) is 4.51 Å². The molecule has 0 saturated carbocycles. The van der Waals surface area contributed by atoms with Crippen molar-refractivity contribution in [3.8, 4) is 0 Å². The lowest BCUT2D eigenvalue weighted by Gasteiger charge is -2.00. The molecule has 2 heteroatoms. The van der Waals surface area contributed by atoms with Crippen LogP contribution < -0.4 is 0 Å². The average Bonchev–Trinajstić information content (AvgIpc) is 2.02. The van der Waals surface area contributed by atoms with Gasteiger partial charge in [-0.15, -0.1) is 0 Å². The van der Waals surface area contributed by atoms with Crippen LogP contribution in [0.3, 0.4) is 0 Å². The maximum Gasteiger partial charge on any atom is 0.135 e. The van der Waals surface area contributed by atoms with Crippen molar-refractivity contribution in [1.82, 2.24) is 0 Å². The minimum Gasteiger partial charge on any atom is -0.461 e. The van der Waals surface area contributed by atoms with Gasteiger partial charge >= 0.3 is 0 Å². The van der Waals surface area contributed by atoms with E-state index in [2.05, 4.69) is 0 Å². The van der Waals surface area contributed by atoms with E-state index in [1.54, 1.807) is 0 Å². The van der Waals surface area contributed by atoms with Crippen LogP contribution in [-0.2, 0) is 0 Å². The fraction of sp³-hybridized carbons (Fsp3) is 0.182. The summed E-state index contributed by atoms with van der Waals surface area (Å²) < 4.78 is 6.42. The number of hydrogen-bond acceptors (Lipinski definition) is 2. The molecular weight excluding hydrogens is 180 g/mol. The first-order chi connectivity index (χ1) is 6.16. The van der Waals surface area contributed by atoms with Crippen LogP contribution in [0.25, 0.3) is 11.0 Å². The highest BCUT2D eigenvalue weighted by atomic mass is 32.1. The largest absolute Gasteiger partial charge is 0.461 e. The maximum atomic E-state index is 5.56. The number of benzene rings is 1. The van der Waals surface area contributed by atoms with Crippen molar-refractivity contribution in [3.63, 3.8) is 0 Å². The molecule has 1 aromatic carbocycles. The Labute approximate surface area is 82.0 Å². The van der Waals surface area contributed by atoms with Gasteiger partial charge in [-0.2, -0.15) is 0 Å². The highest BCUT2D eigenvalue weighted by Crippen LogP contribution is 2.18. The molecule has 0 aliphatic heterocycles. The van der Waals surface area contributed by atoms with Crippen molar-refractivity contribution in [2.24, 2.45) is 0 Å². The zero-order valence-electron chi connectivity index (χ0n) is 7.63. The highest BCUT2D eigenvalue weighted by molar-refractivity contribution is 7.71. The molecule has 0 bridgehead atoms. The minimum absolute atomic E-state index is 0.860. The Balaban J connectivity index is 2.95. The quantitative estimate of drug-likeness (QED) is 0.586. The van der Waals surface area contributed by atoms with E-state index < -0.39 is 0 Å². The lowest BCUT2D eigenvalue weighted by atomic mass is 10.1. The van der Waals surface area contributed by atoms with Crippen molar-refractivity contribution in [2.75, 3.05) is 0 Å². The van der Waals surface area contributed by atoms with Crippen LogP contribution in [0, 0.1) is 18.4 Å². The van der Waals surface area contributed by atoms with E-state index in [0.717, 1.165) is 21.2 Å². The van der Waals surface area contributed by atoms with Gasteiger partial charge < -0.3 is 4.42 Å². The van der Waals surface area contributed by atoms with E-state index in [1.165, 1.54) is 5.56 Å². The standard InChI is InChI=1S/C11H10OS/c1-7-3-4-9-10(5-7)12-8(2)6-11(9)13/h3-6H,1-2H3. The Hall–Kier alpha value is -1.15. The summed E-state index contributed by atoms with van der Waals surface area (Å²) in [4.78, 5) is 0. The number of aryl methyl sites for hydroxylation is 2. The SMILES string of the molecule is Cc1ccc2c(=S)cc(C)oc2c1. The first kappa shape index (κ1) is 8.45. The summed E-state index contributed by atoms with van der Waals surface area (Å²) in [7, 11) is 0. The molecule has 66 valence electrons. The maximum absolute atomic E-state index is 5.56. The molecule has 2 aromatic rings. The van der Waals surface area contributed by atoms with Gasteiger partial charge in [-0.3, -0.25) is 0 Å². The summed E-state index contributed by atoms with van der Waals surface area (Å²) in [5, 5.41) is 1.02. The molecule has 0 fully saturated rings. The molecule has 0 N–H and O–H groups in total. The van der Waals surface area contributed by atoms with E-state index >= 15 is 0 Å². The molecule has 0 atom stereocenters. The molecular formula is C11H10OS. The van der Waals surface area contributed by atoms with Gasteiger partial charge in [0.1, 0.15) is 11.3 Å². The zero-order valence-corrected chi connectivity index (χ0v) is 8.44. The summed E-state index contributed by atoms with van der Waals surface area (Å²) in [5.41, 5.74) is 2.07.